The van der Waals surface area contributed by atoms with Crippen LogP contribution >= 0.6 is 0 Å². The molecular formula is C14H20N3+. The van der Waals surface area contributed by atoms with Crippen LogP contribution in [0, 0.1) is 0 Å². The number of benzene rings is 1. The number of nitrogens with one attached hydrogen (secondary N) is 2. The van der Waals surface area contributed by atoms with Gasteiger partial charge < -0.3 is 5.32 Å². The van der Waals surface area contributed by atoms with Crippen LogP contribution in [0.5, 0.6) is 0 Å². The van der Waals surface area contributed by atoms with E-state index in [4.69, 9.17) is 0 Å². The molecule has 2 rings (SSSR count). The van der Waals surface area contributed by atoms with Crippen molar-refractivity contribution in [3.63, 3.8) is 0 Å². The van der Waals surface area contributed by atoms with Gasteiger partial charge in [0.15, 0.2) is 0 Å². The van der Waals surface area contributed by atoms with E-state index in [2.05, 4.69) is 58.4 Å². The van der Waals surface area contributed by atoms with E-state index in [-0.39, 0.29) is 0 Å². The molecule has 0 saturated carbocycles. The van der Waals surface area contributed by atoms with Crippen LogP contribution in [0.3, 0.4) is 0 Å². The molecule has 2 aromatic rings. The molecule has 0 aliphatic rings. The Balaban J connectivity index is 1.63. The molecule has 0 aliphatic carbocycles. The lowest BCUT2D eigenvalue weighted by Crippen LogP contribution is -2.30. The van der Waals surface area contributed by atoms with Crippen LogP contribution < -0.4 is 9.88 Å². The van der Waals surface area contributed by atoms with Gasteiger partial charge in [-0.1, -0.05) is 30.3 Å². The Kier molecular flexibility index (Phi) is 4.33. The number of imidazole rings is 1. The zero-order valence-electron chi connectivity index (χ0n) is 10.3. The maximum atomic E-state index is 3.46. The van der Waals surface area contributed by atoms with Crippen LogP contribution in [0.4, 0.5) is 0 Å². The SMILES string of the molecule is C[n+]1c[nH]cc1CCCNCc1ccccc1. The maximum absolute atomic E-state index is 3.46. The second-order valence-electron chi connectivity index (χ2n) is 4.31. The van der Waals surface area contributed by atoms with Gasteiger partial charge in [-0.25, -0.2) is 9.55 Å². The highest BCUT2D eigenvalue weighted by atomic mass is 15.0. The predicted molar refractivity (Wildman–Crippen MR) is 68.4 cm³/mol. The van der Waals surface area contributed by atoms with E-state index in [0.717, 1.165) is 19.5 Å². The highest BCUT2D eigenvalue weighted by molar-refractivity contribution is 5.14. The number of hydrogen-bond acceptors (Lipinski definition) is 1. The summed E-state index contributed by atoms with van der Waals surface area (Å²) in [6.45, 7) is 2.01. The average Bonchev–Trinajstić information content (AvgIpc) is 2.76. The fourth-order valence-corrected chi connectivity index (χ4v) is 1.90. The Bertz CT molecular complexity index is 434. The normalized spacial score (nSPS) is 10.6. The Morgan fingerprint density at radius 1 is 1.24 bits per heavy atom. The second-order valence-corrected chi connectivity index (χ2v) is 4.31. The van der Waals surface area contributed by atoms with Gasteiger partial charge in [0.2, 0.25) is 6.33 Å². The Labute approximate surface area is 103 Å². The molecule has 2 N–H and O–H groups in total. The van der Waals surface area contributed by atoms with Gasteiger partial charge >= 0.3 is 0 Å². The van der Waals surface area contributed by atoms with Crippen LogP contribution in [0.15, 0.2) is 42.9 Å². The van der Waals surface area contributed by atoms with Crippen LogP contribution in [-0.4, -0.2) is 11.5 Å². The Morgan fingerprint density at radius 2 is 2.06 bits per heavy atom. The smallest absolute Gasteiger partial charge is 0.241 e. The van der Waals surface area contributed by atoms with Gasteiger partial charge in [-0.05, 0) is 18.5 Å². The first-order valence-corrected chi connectivity index (χ1v) is 6.12. The van der Waals surface area contributed by atoms with Gasteiger partial charge in [0.1, 0.15) is 11.9 Å². The maximum Gasteiger partial charge on any atom is 0.241 e. The van der Waals surface area contributed by atoms with Crippen molar-refractivity contribution in [2.45, 2.75) is 19.4 Å². The number of nitrogens with zero attached hydrogens (tertiary/aromatic N) is 1. The van der Waals surface area contributed by atoms with Crippen molar-refractivity contribution >= 4 is 0 Å². The largest absolute Gasteiger partial charge is 0.313 e. The molecule has 90 valence electrons. The number of rotatable bonds is 6. The first-order chi connectivity index (χ1) is 8.36. The summed E-state index contributed by atoms with van der Waals surface area (Å²) in [5, 5.41) is 3.46. The first-order valence-electron chi connectivity index (χ1n) is 6.12. The van der Waals surface area contributed by atoms with E-state index in [9.17, 15) is 0 Å². The molecule has 1 heterocycles. The molecule has 0 atom stereocenters. The van der Waals surface area contributed by atoms with E-state index in [1.54, 1.807) is 0 Å². The summed E-state index contributed by atoms with van der Waals surface area (Å²) in [6.07, 6.45) is 6.32. The molecule has 0 radical (unpaired) electrons. The molecular weight excluding hydrogens is 210 g/mol. The third kappa shape index (κ3) is 3.71. The fourth-order valence-electron chi connectivity index (χ4n) is 1.90. The van der Waals surface area contributed by atoms with Gasteiger partial charge in [-0.2, -0.15) is 0 Å². The van der Waals surface area contributed by atoms with Gasteiger partial charge in [0.25, 0.3) is 0 Å². The van der Waals surface area contributed by atoms with Crippen molar-refractivity contribution in [2.24, 2.45) is 7.05 Å². The minimum Gasteiger partial charge on any atom is -0.313 e. The zero-order chi connectivity index (χ0) is 11.9. The van der Waals surface area contributed by atoms with Crippen molar-refractivity contribution < 1.29 is 4.57 Å². The van der Waals surface area contributed by atoms with E-state index >= 15 is 0 Å². The molecule has 17 heavy (non-hydrogen) atoms. The monoisotopic (exact) mass is 230 g/mol. The lowest BCUT2D eigenvalue weighted by molar-refractivity contribution is -0.677. The quantitative estimate of drug-likeness (QED) is 0.573. The van der Waals surface area contributed by atoms with Crippen LogP contribution in [0.1, 0.15) is 17.7 Å². The van der Waals surface area contributed by atoms with Gasteiger partial charge in [0.05, 0.1) is 7.05 Å². The molecule has 3 nitrogen and oxygen atoms in total. The van der Waals surface area contributed by atoms with Crippen molar-refractivity contribution in [2.75, 3.05) is 6.54 Å². The van der Waals surface area contributed by atoms with Crippen molar-refractivity contribution in [1.82, 2.24) is 10.3 Å². The number of aryl methyl sites for hydroxylation is 2. The summed E-state index contributed by atoms with van der Waals surface area (Å²) >= 11 is 0. The minimum atomic E-state index is 0.958. The van der Waals surface area contributed by atoms with E-state index in [0.29, 0.717) is 0 Å². The topological polar surface area (TPSA) is 31.7 Å². The fraction of sp³-hybridized carbons (Fsp3) is 0.357. The summed E-state index contributed by atoms with van der Waals surface area (Å²) in [7, 11) is 2.07. The summed E-state index contributed by atoms with van der Waals surface area (Å²) in [6, 6.07) is 10.5. The van der Waals surface area contributed by atoms with Crippen molar-refractivity contribution in [3.8, 4) is 0 Å². The third-order valence-electron chi connectivity index (χ3n) is 2.93. The molecule has 0 amide bonds. The van der Waals surface area contributed by atoms with E-state index < -0.39 is 0 Å². The summed E-state index contributed by atoms with van der Waals surface area (Å²) in [5.74, 6) is 0. The number of aromatic amines is 1. The molecule has 0 bridgehead atoms. The number of H-pyrrole nitrogens is 1. The molecule has 1 aromatic heterocycles. The standard InChI is InChI=1S/C14H19N3/c1-17-12-16-11-14(17)8-5-9-15-10-13-6-3-2-4-7-13/h2-4,6-7,11-12,15H,5,8-10H2,1H3/p+1. The van der Waals surface area contributed by atoms with E-state index in [1.165, 1.54) is 17.7 Å². The van der Waals surface area contributed by atoms with Gasteiger partial charge in [-0.3, -0.25) is 0 Å². The predicted octanol–water partition coefficient (Wildman–Crippen LogP) is 1.56. The number of aromatic nitrogens is 2. The van der Waals surface area contributed by atoms with Crippen molar-refractivity contribution in [3.05, 3.63) is 54.1 Å². The lowest BCUT2D eigenvalue weighted by atomic mass is 10.2. The minimum absolute atomic E-state index is 0.958. The third-order valence-corrected chi connectivity index (χ3v) is 2.93. The van der Waals surface area contributed by atoms with Crippen molar-refractivity contribution in [1.29, 1.82) is 0 Å². The molecule has 0 aliphatic heterocycles. The van der Waals surface area contributed by atoms with E-state index in [1.807, 2.05) is 6.33 Å². The Hall–Kier alpha value is -1.61. The number of hydrogen-bond donors (Lipinski definition) is 2. The molecule has 0 saturated heterocycles. The highest BCUT2D eigenvalue weighted by Gasteiger charge is 2.03. The van der Waals surface area contributed by atoms with Crippen LogP contribution in [-0.2, 0) is 20.0 Å². The molecule has 3 heteroatoms. The molecule has 1 aromatic carbocycles. The second kappa shape index (κ2) is 6.21. The summed E-state index contributed by atoms with van der Waals surface area (Å²) in [5.41, 5.74) is 2.70. The zero-order valence-corrected chi connectivity index (χ0v) is 10.3. The average molecular weight is 230 g/mol. The van der Waals surface area contributed by atoms with Crippen LogP contribution in [0.2, 0.25) is 0 Å². The van der Waals surface area contributed by atoms with Gasteiger partial charge in [-0.15, -0.1) is 0 Å². The molecule has 0 spiro atoms. The highest BCUT2D eigenvalue weighted by Crippen LogP contribution is 1.98. The van der Waals surface area contributed by atoms with Gasteiger partial charge in [0, 0.05) is 13.0 Å². The molecule has 0 unspecified atom stereocenters. The summed E-state index contributed by atoms with van der Waals surface area (Å²) in [4.78, 5) is 3.11. The Morgan fingerprint density at radius 3 is 2.76 bits per heavy atom. The molecule has 0 fully saturated rings. The summed E-state index contributed by atoms with van der Waals surface area (Å²) < 4.78 is 2.14. The first kappa shape index (κ1) is 11.9. The lowest BCUT2D eigenvalue weighted by Gasteiger charge is -2.03. The van der Waals surface area contributed by atoms with Crippen LogP contribution in [0.25, 0.3) is 0 Å².